The molecule has 1 amide bonds. The molecule has 0 fully saturated rings. The van der Waals surface area contributed by atoms with Crippen LogP contribution < -0.4 is 15.6 Å². The lowest BCUT2D eigenvalue weighted by atomic mass is 10.2. The number of hydrogen-bond donors (Lipinski definition) is 2. The zero-order valence-corrected chi connectivity index (χ0v) is 11.5. The van der Waals surface area contributed by atoms with Gasteiger partial charge in [0.1, 0.15) is 11.4 Å². The van der Waals surface area contributed by atoms with E-state index in [9.17, 15) is 9.59 Å². The van der Waals surface area contributed by atoms with Gasteiger partial charge in [-0.3, -0.25) is 9.59 Å². The van der Waals surface area contributed by atoms with Crippen LogP contribution in [0.2, 0.25) is 0 Å². The number of methoxy groups -OCH3 is 1. The molecule has 2 rings (SSSR count). The van der Waals surface area contributed by atoms with E-state index in [0.717, 1.165) is 4.47 Å². The van der Waals surface area contributed by atoms with Crippen LogP contribution in [-0.2, 0) is 0 Å². The highest BCUT2D eigenvalue weighted by molar-refractivity contribution is 9.10. The Kier molecular flexibility index (Phi) is 3.96. The maximum atomic E-state index is 11.9. The fourth-order valence-electron chi connectivity index (χ4n) is 1.44. The number of nitrogens with one attached hydrogen (secondary N) is 2. The Hall–Kier alpha value is -2.15. The average Bonchev–Trinajstić information content (AvgIpc) is 2.39. The topological polar surface area (TPSA) is 84.1 Å². The summed E-state index contributed by atoms with van der Waals surface area (Å²) >= 11 is 3.31. The summed E-state index contributed by atoms with van der Waals surface area (Å²) in [4.78, 5) is 22.8. The molecule has 1 aromatic heterocycles. The van der Waals surface area contributed by atoms with Crippen LogP contribution in [0, 0.1) is 0 Å². The number of carbonyl (C=O) groups is 1. The molecule has 0 aliphatic heterocycles. The molecule has 0 atom stereocenters. The third-order valence-electron chi connectivity index (χ3n) is 2.32. The molecule has 1 heterocycles. The summed E-state index contributed by atoms with van der Waals surface area (Å²) < 4.78 is 5.95. The van der Waals surface area contributed by atoms with Gasteiger partial charge in [-0.25, -0.2) is 5.10 Å². The molecule has 6 nitrogen and oxygen atoms in total. The molecular weight excluding hydrogens is 314 g/mol. The van der Waals surface area contributed by atoms with E-state index in [1.165, 1.54) is 19.2 Å². The summed E-state index contributed by atoms with van der Waals surface area (Å²) in [7, 11) is 1.51. The lowest BCUT2D eigenvalue weighted by Gasteiger charge is -2.09. The van der Waals surface area contributed by atoms with E-state index in [1.54, 1.807) is 18.2 Å². The highest BCUT2D eigenvalue weighted by Crippen LogP contribution is 2.28. The van der Waals surface area contributed by atoms with E-state index in [1.807, 2.05) is 0 Å². The summed E-state index contributed by atoms with van der Waals surface area (Å²) in [6.07, 6.45) is 0. The number of ether oxygens (including phenoxy) is 1. The van der Waals surface area contributed by atoms with Crippen LogP contribution in [0.15, 0.2) is 39.6 Å². The third kappa shape index (κ3) is 3.19. The van der Waals surface area contributed by atoms with Gasteiger partial charge in [0, 0.05) is 10.5 Å². The van der Waals surface area contributed by atoms with Crippen LogP contribution in [-0.4, -0.2) is 23.2 Å². The second-order valence-corrected chi connectivity index (χ2v) is 4.52. The fraction of sp³-hybridized carbons (Fsp3) is 0.0833. The number of aromatic amines is 1. The Bertz CT molecular complexity index is 649. The number of nitrogens with zero attached hydrogens (tertiary/aromatic N) is 1. The number of benzene rings is 1. The molecule has 0 spiro atoms. The average molecular weight is 324 g/mol. The number of anilines is 1. The van der Waals surface area contributed by atoms with E-state index in [-0.39, 0.29) is 11.3 Å². The van der Waals surface area contributed by atoms with Gasteiger partial charge in [-0.1, -0.05) is 15.9 Å². The SMILES string of the molecule is COc1ccc(Br)cc1NC(=O)c1ccc(=O)[nH]n1. The Morgan fingerprint density at radius 2 is 2.16 bits per heavy atom. The van der Waals surface area contributed by atoms with Gasteiger partial charge >= 0.3 is 0 Å². The largest absolute Gasteiger partial charge is 0.495 e. The minimum absolute atomic E-state index is 0.113. The number of aromatic nitrogens is 2. The van der Waals surface area contributed by atoms with Gasteiger partial charge in [-0.2, -0.15) is 5.10 Å². The first-order valence-electron chi connectivity index (χ1n) is 5.31. The lowest BCUT2D eigenvalue weighted by molar-refractivity contribution is 0.102. The summed E-state index contributed by atoms with van der Waals surface area (Å²) in [5.74, 6) is 0.0913. The maximum absolute atomic E-state index is 11.9. The Labute approximate surface area is 116 Å². The van der Waals surface area contributed by atoms with Gasteiger partial charge in [-0.05, 0) is 24.3 Å². The van der Waals surface area contributed by atoms with E-state index in [0.29, 0.717) is 11.4 Å². The van der Waals surface area contributed by atoms with Crippen molar-refractivity contribution >= 4 is 27.5 Å². The van der Waals surface area contributed by atoms with Crippen LogP contribution in [0.5, 0.6) is 5.75 Å². The quantitative estimate of drug-likeness (QED) is 0.902. The van der Waals surface area contributed by atoms with Crippen molar-refractivity contribution in [2.45, 2.75) is 0 Å². The highest BCUT2D eigenvalue weighted by atomic mass is 79.9. The Morgan fingerprint density at radius 1 is 1.37 bits per heavy atom. The zero-order valence-electron chi connectivity index (χ0n) is 9.94. The maximum Gasteiger partial charge on any atom is 0.276 e. The molecule has 98 valence electrons. The van der Waals surface area contributed by atoms with Crippen LogP contribution in [0.4, 0.5) is 5.69 Å². The molecule has 19 heavy (non-hydrogen) atoms. The fourth-order valence-corrected chi connectivity index (χ4v) is 1.80. The van der Waals surface area contributed by atoms with Crippen molar-refractivity contribution in [3.05, 3.63) is 50.9 Å². The van der Waals surface area contributed by atoms with E-state index in [4.69, 9.17) is 4.74 Å². The first-order chi connectivity index (χ1) is 9.10. The zero-order chi connectivity index (χ0) is 13.8. The summed E-state index contributed by atoms with van der Waals surface area (Å²) in [5.41, 5.74) is 0.257. The second kappa shape index (κ2) is 5.66. The second-order valence-electron chi connectivity index (χ2n) is 3.61. The minimum Gasteiger partial charge on any atom is -0.495 e. The molecule has 0 aliphatic rings. The molecule has 0 bridgehead atoms. The number of rotatable bonds is 3. The predicted octanol–water partition coefficient (Wildman–Crippen LogP) is 1.79. The molecule has 1 aromatic carbocycles. The molecule has 7 heteroatoms. The van der Waals surface area contributed by atoms with E-state index in [2.05, 4.69) is 31.4 Å². The number of hydrogen-bond acceptors (Lipinski definition) is 4. The van der Waals surface area contributed by atoms with Crippen LogP contribution >= 0.6 is 15.9 Å². The standard InChI is InChI=1S/C12H10BrN3O3/c1-19-10-4-2-7(13)6-9(10)14-12(18)8-3-5-11(17)16-15-8/h2-6H,1H3,(H,14,18)(H,16,17). The van der Waals surface area contributed by atoms with E-state index >= 15 is 0 Å². The van der Waals surface area contributed by atoms with Crippen molar-refractivity contribution in [1.82, 2.24) is 10.2 Å². The smallest absolute Gasteiger partial charge is 0.276 e. The van der Waals surface area contributed by atoms with Crippen molar-refractivity contribution in [2.75, 3.05) is 12.4 Å². The van der Waals surface area contributed by atoms with Gasteiger partial charge in [0.15, 0.2) is 0 Å². The molecule has 0 unspecified atom stereocenters. The number of H-pyrrole nitrogens is 1. The van der Waals surface area contributed by atoms with Crippen molar-refractivity contribution in [1.29, 1.82) is 0 Å². The van der Waals surface area contributed by atoms with Crippen molar-refractivity contribution in [3.63, 3.8) is 0 Å². The molecule has 0 aliphatic carbocycles. The van der Waals surface area contributed by atoms with Crippen molar-refractivity contribution < 1.29 is 9.53 Å². The number of carbonyl (C=O) groups excluding carboxylic acids is 1. The molecule has 0 radical (unpaired) electrons. The van der Waals surface area contributed by atoms with Crippen LogP contribution in [0.1, 0.15) is 10.5 Å². The van der Waals surface area contributed by atoms with Gasteiger partial charge < -0.3 is 10.1 Å². The van der Waals surface area contributed by atoms with Gasteiger partial charge in [0.2, 0.25) is 0 Å². The van der Waals surface area contributed by atoms with Gasteiger partial charge in [-0.15, -0.1) is 0 Å². The molecule has 0 saturated heterocycles. The number of halogens is 1. The molecule has 0 saturated carbocycles. The lowest BCUT2D eigenvalue weighted by Crippen LogP contribution is -2.17. The van der Waals surface area contributed by atoms with E-state index < -0.39 is 5.91 Å². The van der Waals surface area contributed by atoms with Gasteiger partial charge in [0.25, 0.3) is 11.5 Å². The molecular formula is C12H10BrN3O3. The Balaban J connectivity index is 2.25. The summed E-state index contributed by atoms with van der Waals surface area (Å²) in [5, 5.41) is 8.51. The number of amides is 1. The predicted molar refractivity (Wildman–Crippen MR) is 73.5 cm³/mol. The molecule has 2 aromatic rings. The first-order valence-corrected chi connectivity index (χ1v) is 6.10. The van der Waals surface area contributed by atoms with Crippen LogP contribution in [0.25, 0.3) is 0 Å². The summed E-state index contributed by atoms with van der Waals surface area (Å²) in [6, 6.07) is 7.81. The Morgan fingerprint density at radius 3 is 2.79 bits per heavy atom. The normalized spacial score (nSPS) is 10.0. The van der Waals surface area contributed by atoms with Crippen molar-refractivity contribution in [3.8, 4) is 5.75 Å². The summed E-state index contributed by atoms with van der Waals surface area (Å²) in [6.45, 7) is 0. The van der Waals surface area contributed by atoms with Gasteiger partial charge in [0.05, 0.1) is 12.8 Å². The minimum atomic E-state index is -0.437. The monoisotopic (exact) mass is 323 g/mol. The third-order valence-corrected chi connectivity index (χ3v) is 2.81. The highest BCUT2D eigenvalue weighted by Gasteiger charge is 2.11. The van der Waals surface area contributed by atoms with Crippen LogP contribution in [0.3, 0.4) is 0 Å². The van der Waals surface area contributed by atoms with Crippen molar-refractivity contribution in [2.24, 2.45) is 0 Å². The molecule has 2 N–H and O–H groups in total. The first kappa shape index (κ1) is 13.3.